The Morgan fingerprint density at radius 3 is 2.24 bits per heavy atom. The number of amides is 1. The highest BCUT2D eigenvalue weighted by Gasteiger charge is 2.52. The summed E-state index contributed by atoms with van der Waals surface area (Å²) in [6.45, 7) is 19.0. The summed E-state index contributed by atoms with van der Waals surface area (Å²) in [7, 11) is -1.40. The van der Waals surface area contributed by atoms with Crippen LogP contribution in [-0.4, -0.2) is 49.1 Å². The highest BCUT2D eigenvalue weighted by atomic mass is 28.3. The molecule has 148 valence electrons. The Balaban J connectivity index is 3.20. The van der Waals surface area contributed by atoms with Crippen LogP contribution in [0.2, 0.25) is 13.1 Å². The van der Waals surface area contributed by atoms with Gasteiger partial charge in [0.25, 0.3) is 0 Å². The third-order valence-corrected chi connectivity index (χ3v) is 5.62. The molecule has 0 saturated carbocycles. The zero-order valence-corrected chi connectivity index (χ0v) is 18.8. The molecular formula is C19H39NO4Si. The summed E-state index contributed by atoms with van der Waals surface area (Å²) in [6, 6.07) is 0. The number of aliphatic hydroxyl groups excluding tert-OH is 1. The molecule has 1 N–H and O–H groups in total. The Bertz CT molecular complexity index is 453. The highest BCUT2D eigenvalue weighted by Crippen LogP contribution is 2.46. The van der Waals surface area contributed by atoms with Crippen molar-refractivity contribution in [1.29, 1.82) is 0 Å². The van der Waals surface area contributed by atoms with E-state index in [-0.39, 0.29) is 11.5 Å². The molecule has 1 aliphatic heterocycles. The molecule has 6 heteroatoms. The molecule has 0 radical (unpaired) electrons. The van der Waals surface area contributed by atoms with Crippen molar-refractivity contribution in [3.05, 3.63) is 0 Å². The first kappa shape index (κ1) is 22.4. The van der Waals surface area contributed by atoms with E-state index in [1.54, 1.807) is 6.92 Å². The van der Waals surface area contributed by atoms with E-state index in [4.69, 9.17) is 9.16 Å². The number of carbonyl (C=O) groups excluding carboxylic acids is 1. The highest BCUT2D eigenvalue weighted by molar-refractivity contribution is 6.48. The van der Waals surface area contributed by atoms with Crippen molar-refractivity contribution in [3.8, 4) is 0 Å². The largest absolute Gasteiger partial charge is 0.444 e. The number of nitrogens with zero attached hydrogens (tertiary/aromatic N) is 1. The van der Waals surface area contributed by atoms with Crippen molar-refractivity contribution in [2.75, 3.05) is 6.54 Å². The van der Waals surface area contributed by atoms with Gasteiger partial charge in [-0.3, -0.25) is 4.90 Å². The number of likely N-dealkylation sites (tertiary alicyclic amines) is 1. The molecule has 0 aromatic rings. The van der Waals surface area contributed by atoms with E-state index in [1.165, 1.54) is 0 Å². The van der Waals surface area contributed by atoms with Gasteiger partial charge < -0.3 is 14.3 Å². The lowest BCUT2D eigenvalue weighted by atomic mass is 9.78. The van der Waals surface area contributed by atoms with Crippen LogP contribution in [0.15, 0.2) is 0 Å². The van der Waals surface area contributed by atoms with E-state index in [9.17, 15) is 9.90 Å². The van der Waals surface area contributed by atoms with Gasteiger partial charge in [0.1, 0.15) is 11.3 Å². The Kier molecular flexibility index (Phi) is 7.15. The molecule has 1 aliphatic rings. The van der Waals surface area contributed by atoms with E-state index in [2.05, 4.69) is 33.9 Å². The van der Waals surface area contributed by atoms with Gasteiger partial charge in [-0.1, -0.05) is 20.8 Å². The van der Waals surface area contributed by atoms with Crippen molar-refractivity contribution < 1.29 is 19.1 Å². The maximum absolute atomic E-state index is 13.0. The second kappa shape index (κ2) is 7.97. The lowest BCUT2D eigenvalue weighted by molar-refractivity contribution is -0.0780. The molecule has 1 fully saturated rings. The number of hydrogen-bond donors (Lipinski definition) is 1. The monoisotopic (exact) mass is 373 g/mol. The molecule has 3 atom stereocenters. The molecule has 0 aliphatic carbocycles. The summed E-state index contributed by atoms with van der Waals surface area (Å²) in [6.07, 6.45) is 1.33. The van der Waals surface area contributed by atoms with Gasteiger partial charge in [0.15, 0.2) is 9.04 Å². The lowest BCUT2D eigenvalue weighted by Gasteiger charge is -2.41. The van der Waals surface area contributed by atoms with Crippen LogP contribution in [0.1, 0.15) is 67.7 Å². The maximum atomic E-state index is 13.0. The van der Waals surface area contributed by atoms with E-state index in [0.717, 1.165) is 6.42 Å². The first-order valence-electron chi connectivity index (χ1n) is 9.53. The number of rotatable bonds is 5. The van der Waals surface area contributed by atoms with E-state index < -0.39 is 26.5 Å². The number of ether oxygens (including phenoxy) is 1. The predicted octanol–water partition coefficient (Wildman–Crippen LogP) is 4.15. The summed E-state index contributed by atoms with van der Waals surface area (Å²) < 4.78 is 12.2. The quantitative estimate of drug-likeness (QED) is 0.736. The minimum atomic E-state index is -1.40. The van der Waals surface area contributed by atoms with Gasteiger partial charge in [-0.15, -0.1) is 0 Å². The van der Waals surface area contributed by atoms with Gasteiger partial charge in [-0.2, -0.15) is 0 Å². The number of hydrogen-bond acceptors (Lipinski definition) is 4. The van der Waals surface area contributed by atoms with Crippen LogP contribution >= 0.6 is 0 Å². The Hall–Kier alpha value is -0.593. The van der Waals surface area contributed by atoms with Crippen molar-refractivity contribution in [1.82, 2.24) is 4.90 Å². The second-order valence-corrected chi connectivity index (χ2v) is 12.2. The van der Waals surface area contributed by atoms with Gasteiger partial charge >= 0.3 is 6.09 Å². The minimum absolute atomic E-state index is 0.0781. The maximum Gasteiger partial charge on any atom is 0.412 e. The van der Waals surface area contributed by atoms with Crippen LogP contribution in [0.25, 0.3) is 0 Å². The van der Waals surface area contributed by atoms with Crippen LogP contribution < -0.4 is 0 Å². The average molecular weight is 374 g/mol. The Labute approximate surface area is 155 Å². The molecule has 1 unspecified atom stereocenters. The Morgan fingerprint density at radius 1 is 1.28 bits per heavy atom. The summed E-state index contributed by atoms with van der Waals surface area (Å²) >= 11 is 0. The summed E-state index contributed by atoms with van der Waals surface area (Å²) in [5.41, 5.74) is -1.12. The topological polar surface area (TPSA) is 59.0 Å². The molecule has 1 saturated heterocycles. The molecule has 25 heavy (non-hydrogen) atoms. The number of carbonyl (C=O) groups is 1. The van der Waals surface area contributed by atoms with Gasteiger partial charge in [-0.25, -0.2) is 4.79 Å². The van der Waals surface area contributed by atoms with Gasteiger partial charge in [-0.05, 0) is 71.4 Å². The fourth-order valence-corrected chi connectivity index (χ4v) is 4.58. The van der Waals surface area contributed by atoms with Crippen molar-refractivity contribution >= 4 is 15.1 Å². The summed E-state index contributed by atoms with van der Waals surface area (Å²) in [5, 5.41) is 9.82. The summed E-state index contributed by atoms with van der Waals surface area (Å²) in [4.78, 5) is 14.8. The molecule has 0 spiro atoms. The van der Waals surface area contributed by atoms with Crippen LogP contribution in [0.5, 0.6) is 0 Å². The standard InChI is InChI=1S/C19H39NO4Si/c1-14(21)10-11-19(24-25(8)9)12-15(17(2,3)4)13-20(19)16(22)23-18(5,6)7/h14-15,21,25H,10-13H2,1-9H3/t14?,15-,19+/m0/s1. The molecule has 5 nitrogen and oxygen atoms in total. The predicted molar refractivity (Wildman–Crippen MR) is 104 cm³/mol. The van der Waals surface area contributed by atoms with Crippen molar-refractivity contribution in [2.45, 2.75) is 98.3 Å². The third kappa shape index (κ3) is 6.57. The number of aliphatic hydroxyl groups is 1. The lowest BCUT2D eigenvalue weighted by Crippen LogP contribution is -2.52. The molecule has 0 bridgehead atoms. The molecular weight excluding hydrogens is 334 g/mol. The minimum Gasteiger partial charge on any atom is -0.444 e. The van der Waals surface area contributed by atoms with Crippen LogP contribution in [0.3, 0.4) is 0 Å². The average Bonchev–Trinajstić information content (AvgIpc) is 2.73. The zero-order valence-electron chi connectivity index (χ0n) is 17.7. The van der Waals surface area contributed by atoms with Gasteiger partial charge in [0.05, 0.1) is 6.10 Å². The van der Waals surface area contributed by atoms with Crippen LogP contribution in [0, 0.1) is 11.3 Å². The van der Waals surface area contributed by atoms with Gasteiger partial charge in [0, 0.05) is 6.54 Å². The zero-order chi connectivity index (χ0) is 19.6. The van der Waals surface area contributed by atoms with Crippen LogP contribution in [-0.2, 0) is 9.16 Å². The SMILES string of the molecule is CC(O)CC[C@@]1(O[SiH](C)C)C[C@H](C(C)(C)C)CN1C(=O)OC(C)(C)C. The fraction of sp³-hybridized carbons (Fsp3) is 0.947. The van der Waals surface area contributed by atoms with E-state index in [0.29, 0.717) is 25.3 Å². The molecule has 1 rings (SSSR count). The summed E-state index contributed by atoms with van der Waals surface area (Å²) in [5.74, 6) is 0.335. The first-order valence-corrected chi connectivity index (χ1v) is 12.3. The molecule has 0 aromatic carbocycles. The van der Waals surface area contributed by atoms with E-state index in [1.807, 2.05) is 25.7 Å². The van der Waals surface area contributed by atoms with E-state index >= 15 is 0 Å². The normalized spacial score (nSPS) is 26.2. The van der Waals surface area contributed by atoms with Crippen molar-refractivity contribution in [3.63, 3.8) is 0 Å². The molecule has 0 aromatic heterocycles. The first-order chi connectivity index (χ1) is 11.2. The smallest absolute Gasteiger partial charge is 0.412 e. The van der Waals surface area contributed by atoms with Crippen molar-refractivity contribution in [2.24, 2.45) is 11.3 Å². The molecule has 1 heterocycles. The fourth-order valence-electron chi connectivity index (χ4n) is 3.37. The molecule has 1 amide bonds. The second-order valence-electron chi connectivity index (χ2n) is 9.86. The van der Waals surface area contributed by atoms with Gasteiger partial charge in [0.2, 0.25) is 0 Å². The van der Waals surface area contributed by atoms with Crippen LogP contribution in [0.4, 0.5) is 4.79 Å². The Morgan fingerprint density at radius 2 is 1.84 bits per heavy atom. The third-order valence-electron chi connectivity index (χ3n) is 4.71.